The number of rotatable bonds is 6. The van der Waals surface area contributed by atoms with E-state index in [0.29, 0.717) is 28.9 Å². The van der Waals surface area contributed by atoms with Crippen molar-refractivity contribution in [3.63, 3.8) is 0 Å². The highest BCUT2D eigenvalue weighted by Gasteiger charge is 2.34. The monoisotopic (exact) mass is 514 g/mol. The van der Waals surface area contributed by atoms with E-state index in [2.05, 4.69) is 23.7 Å². The maximum atomic E-state index is 12.4. The number of fused-ring (bicyclic) bond motifs is 1. The van der Waals surface area contributed by atoms with Crippen LogP contribution in [0.4, 0.5) is 16.3 Å². The minimum absolute atomic E-state index is 0.0324. The lowest BCUT2D eigenvalue weighted by Gasteiger charge is -2.40. The highest BCUT2D eigenvalue weighted by molar-refractivity contribution is 6.33. The average molecular weight is 515 g/mol. The van der Waals surface area contributed by atoms with E-state index in [4.69, 9.17) is 22.1 Å². The molecule has 0 saturated carbocycles. The molecule has 0 radical (unpaired) electrons. The van der Waals surface area contributed by atoms with Crippen molar-refractivity contribution in [3.05, 3.63) is 52.7 Å². The molecule has 8 nitrogen and oxygen atoms in total. The van der Waals surface area contributed by atoms with Gasteiger partial charge in [-0.05, 0) is 44.2 Å². The standard InChI is InChI=1S/C20H20ClN3O3.C7H15NO/c1-13(25)15-10-17(21)19(22-11-15)23-8-6-16(7-9-23)24-18-5-3-2-4-14(18)12-27-20(24)26;1-5(2)4-6(3)7(8)9/h2-5,10-11,16H,6-9,12H2,1H3;5-6H,4H2,1-3H3,(H2,8,9)/t;6-/m.0/s1. The Morgan fingerprint density at radius 3 is 2.42 bits per heavy atom. The van der Waals surface area contributed by atoms with Crippen molar-refractivity contribution >= 4 is 40.9 Å². The van der Waals surface area contributed by atoms with Gasteiger partial charge in [0, 0.05) is 42.4 Å². The highest BCUT2D eigenvalue weighted by atomic mass is 35.5. The van der Waals surface area contributed by atoms with E-state index in [1.54, 1.807) is 17.2 Å². The van der Waals surface area contributed by atoms with E-state index in [1.165, 1.54) is 6.92 Å². The smallest absolute Gasteiger partial charge is 0.414 e. The van der Waals surface area contributed by atoms with Crippen LogP contribution in [0.5, 0.6) is 0 Å². The molecular formula is C27H35ClN4O4. The summed E-state index contributed by atoms with van der Waals surface area (Å²) in [5.74, 6) is 1.03. The lowest BCUT2D eigenvalue weighted by molar-refractivity contribution is -0.121. The fourth-order valence-corrected chi connectivity index (χ4v) is 4.82. The zero-order valence-corrected chi connectivity index (χ0v) is 22.1. The normalized spacial score (nSPS) is 16.6. The Balaban J connectivity index is 0.000000345. The van der Waals surface area contributed by atoms with Gasteiger partial charge in [0.15, 0.2) is 5.78 Å². The number of anilines is 2. The number of carbonyl (C=O) groups is 3. The van der Waals surface area contributed by atoms with Crippen LogP contribution in [-0.4, -0.2) is 41.9 Å². The van der Waals surface area contributed by atoms with Crippen molar-refractivity contribution in [2.45, 2.75) is 59.6 Å². The third-order valence-corrected chi connectivity index (χ3v) is 6.75. The number of nitrogens with zero attached hydrogens (tertiary/aromatic N) is 3. The van der Waals surface area contributed by atoms with Gasteiger partial charge in [-0.3, -0.25) is 14.5 Å². The fourth-order valence-electron chi connectivity index (χ4n) is 4.54. The molecule has 4 rings (SSSR count). The van der Waals surface area contributed by atoms with Crippen LogP contribution in [0, 0.1) is 11.8 Å². The fraction of sp³-hybridized carbons (Fsp3) is 0.481. The zero-order valence-electron chi connectivity index (χ0n) is 21.4. The van der Waals surface area contributed by atoms with Gasteiger partial charge in [-0.25, -0.2) is 9.78 Å². The molecule has 2 amide bonds. The minimum atomic E-state index is -0.283. The molecule has 2 N–H and O–H groups in total. The number of aromatic nitrogens is 1. The van der Waals surface area contributed by atoms with Crippen molar-refractivity contribution < 1.29 is 19.1 Å². The highest BCUT2D eigenvalue weighted by Crippen LogP contribution is 2.33. The molecule has 3 heterocycles. The Morgan fingerprint density at radius 2 is 1.86 bits per heavy atom. The predicted octanol–water partition coefficient (Wildman–Crippen LogP) is 5.22. The van der Waals surface area contributed by atoms with Crippen LogP contribution in [0.2, 0.25) is 5.02 Å². The van der Waals surface area contributed by atoms with E-state index in [0.717, 1.165) is 43.6 Å². The van der Waals surface area contributed by atoms with E-state index in [9.17, 15) is 14.4 Å². The summed E-state index contributed by atoms with van der Waals surface area (Å²) in [5.41, 5.74) is 7.52. The van der Waals surface area contributed by atoms with Gasteiger partial charge in [0.05, 0.1) is 10.7 Å². The number of hydrogen-bond acceptors (Lipinski definition) is 6. The summed E-state index contributed by atoms with van der Waals surface area (Å²) in [6.07, 6.45) is 3.75. The Morgan fingerprint density at radius 1 is 1.19 bits per heavy atom. The number of pyridine rings is 1. The van der Waals surface area contributed by atoms with Crippen molar-refractivity contribution in [2.75, 3.05) is 22.9 Å². The number of amides is 2. The van der Waals surface area contributed by atoms with Crippen LogP contribution in [0.1, 0.15) is 62.9 Å². The van der Waals surface area contributed by atoms with Crippen LogP contribution in [-0.2, 0) is 16.1 Å². The van der Waals surface area contributed by atoms with Gasteiger partial charge in [0.25, 0.3) is 0 Å². The summed E-state index contributed by atoms with van der Waals surface area (Å²) < 4.78 is 5.34. The summed E-state index contributed by atoms with van der Waals surface area (Å²) in [5, 5.41) is 0.476. The minimum Gasteiger partial charge on any atom is -0.444 e. The number of piperidine rings is 1. The third-order valence-electron chi connectivity index (χ3n) is 6.47. The summed E-state index contributed by atoms with van der Waals surface area (Å²) in [4.78, 5) is 42.6. The number of ketones is 1. The number of hydrogen-bond donors (Lipinski definition) is 1. The Bertz CT molecular complexity index is 1100. The van der Waals surface area contributed by atoms with Gasteiger partial charge in [-0.15, -0.1) is 0 Å². The number of Topliss-reactive ketones (excluding diaryl/α,β-unsaturated/α-hetero) is 1. The molecule has 1 saturated heterocycles. The van der Waals surface area contributed by atoms with Crippen LogP contribution in [0.3, 0.4) is 0 Å². The molecule has 36 heavy (non-hydrogen) atoms. The molecule has 1 aromatic carbocycles. The molecular weight excluding hydrogens is 480 g/mol. The quantitative estimate of drug-likeness (QED) is 0.530. The molecule has 0 bridgehead atoms. The zero-order chi connectivity index (χ0) is 26.4. The maximum absolute atomic E-state index is 12.4. The Labute approximate surface area is 217 Å². The lowest BCUT2D eigenvalue weighted by Crippen LogP contribution is -2.49. The first-order valence-corrected chi connectivity index (χ1v) is 12.7. The number of nitrogens with two attached hydrogens (primary N) is 1. The van der Waals surface area contributed by atoms with Crippen LogP contribution < -0.4 is 15.5 Å². The number of ether oxygens (including phenoxy) is 1. The van der Waals surface area contributed by atoms with Crippen molar-refractivity contribution in [3.8, 4) is 0 Å². The maximum Gasteiger partial charge on any atom is 0.414 e. The first-order chi connectivity index (χ1) is 17.1. The second-order valence-corrected chi connectivity index (χ2v) is 10.2. The molecule has 0 unspecified atom stereocenters. The van der Waals surface area contributed by atoms with Crippen molar-refractivity contribution in [1.29, 1.82) is 0 Å². The van der Waals surface area contributed by atoms with Crippen LogP contribution in [0.25, 0.3) is 0 Å². The second kappa shape index (κ2) is 12.2. The second-order valence-electron chi connectivity index (χ2n) is 9.79. The molecule has 2 aliphatic heterocycles. The molecule has 9 heteroatoms. The number of para-hydroxylation sites is 1. The number of carbonyl (C=O) groups excluding carboxylic acids is 3. The first kappa shape index (κ1) is 27.5. The summed E-state index contributed by atoms with van der Waals surface area (Å²) in [6, 6.07) is 9.60. The third kappa shape index (κ3) is 6.75. The Hall–Kier alpha value is -3.13. The van der Waals surface area contributed by atoms with Gasteiger partial charge in [0.1, 0.15) is 12.4 Å². The number of primary amides is 1. The molecule has 0 aliphatic carbocycles. The van der Waals surface area contributed by atoms with E-state index in [1.807, 2.05) is 31.2 Å². The van der Waals surface area contributed by atoms with Gasteiger partial charge in [-0.1, -0.05) is 50.6 Å². The largest absolute Gasteiger partial charge is 0.444 e. The van der Waals surface area contributed by atoms with Gasteiger partial charge in [0.2, 0.25) is 5.91 Å². The number of cyclic esters (lactones) is 1. The topological polar surface area (TPSA) is 106 Å². The van der Waals surface area contributed by atoms with Crippen molar-refractivity contribution in [1.82, 2.24) is 4.98 Å². The number of halogens is 1. The van der Waals surface area contributed by atoms with Crippen LogP contribution in [0.15, 0.2) is 36.5 Å². The van der Waals surface area contributed by atoms with Crippen molar-refractivity contribution in [2.24, 2.45) is 17.6 Å². The molecule has 0 spiro atoms. The number of benzene rings is 1. The van der Waals surface area contributed by atoms with Gasteiger partial charge < -0.3 is 15.4 Å². The van der Waals surface area contributed by atoms with E-state index < -0.39 is 0 Å². The molecule has 2 aromatic rings. The lowest BCUT2D eigenvalue weighted by atomic mass is 9.99. The average Bonchev–Trinajstić information content (AvgIpc) is 2.84. The molecule has 194 valence electrons. The van der Waals surface area contributed by atoms with Gasteiger partial charge >= 0.3 is 6.09 Å². The van der Waals surface area contributed by atoms with Gasteiger partial charge in [-0.2, -0.15) is 0 Å². The summed E-state index contributed by atoms with van der Waals surface area (Å²) in [6.45, 7) is 9.30. The summed E-state index contributed by atoms with van der Waals surface area (Å²) >= 11 is 6.34. The first-order valence-electron chi connectivity index (χ1n) is 12.3. The van der Waals surface area contributed by atoms with E-state index >= 15 is 0 Å². The molecule has 2 aliphatic rings. The molecule has 1 fully saturated rings. The van der Waals surface area contributed by atoms with Crippen LogP contribution >= 0.6 is 11.6 Å². The summed E-state index contributed by atoms with van der Waals surface area (Å²) in [7, 11) is 0. The van der Waals surface area contributed by atoms with E-state index in [-0.39, 0.29) is 29.7 Å². The molecule has 1 aromatic heterocycles. The SMILES string of the molecule is CC(=O)c1cnc(N2CCC(N3C(=O)OCc4ccccc43)CC2)c(Cl)c1.CC(C)C[C@H](C)C(N)=O. The Kier molecular flexibility index (Phi) is 9.31. The molecule has 1 atom stereocenters. The predicted molar refractivity (Wildman–Crippen MR) is 141 cm³/mol.